The Morgan fingerprint density at radius 3 is 2.86 bits per heavy atom. The number of hydrogen-bond acceptors (Lipinski definition) is 2. The first kappa shape index (κ1) is 9.31. The maximum Gasteiger partial charge on any atom is 0.148 e. The lowest BCUT2D eigenvalue weighted by Crippen LogP contribution is -2.26. The van der Waals surface area contributed by atoms with E-state index in [-0.39, 0.29) is 11.5 Å². The molecule has 0 bridgehead atoms. The second-order valence-electron chi connectivity index (χ2n) is 3.89. The van der Waals surface area contributed by atoms with Crippen molar-refractivity contribution in [3.63, 3.8) is 0 Å². The van der Waals surface area contributed by atoms with Gasteiger partial charge in [0.25, 0.3) is 0 Å². The minimum Gasteiger partial charge on any atom is -0.396 e. The van der Waals surface area contributed by atoms with Gasteiger partial charge in [-0.05, 0) is 38.0 Å². The van der Waals surface area contributed by atoms with E-state index in [1.54, 1.807) is 6.07 Å². The number of nitrogens with zero attached hydrogens (tertiary/aromatic N) is 1. The third-order valence-electron chi connectivity index (χ3n) is 2.87. The van der Waals surface area contributed by atoms with Gasteiger partial charge in [0.1, 0.15) is 5.82 Å². The van der Waals surface area contributed by atoms with E-state index in [4.69, 9.17) is 5.73 Å². The van der Waals surface area contributed by atoms with E-state index in [2.05, 4.69) is 11.8 Å². The Hall–Kier alpha value is -1.25. The highest BCUT2D eigenvalue weighted by Gasteiger charge is 2.20. The van der Waals surface area contributed by atoms with Crippen LogP contribution in [0, 0.1) is 5.82 Å². The summed E-state index contributed by atoms with van der Waals surface area (Å²) in [6, 6.07) is 5.56. The van der Waals surface area contributed by atoms with E-state index in [9.17, 15) is 4.39 Å². The quantitative estimate of drug-likeness (QED) is 0.695. The molecule has 1 fully saturated rings. The molecule has 1 saturated heterocycles. The summed E-state index contributed by atoms with van der Waals surface area (Å²) in [7, 11) is 0. The molecule has 0 aliphatic carbocycles. The van der Waals surface area contributed by atoms with E-state index >= 15 is 0 Å². The van der Waals surface area contributed by atoms with Gasteiger partial charge in [0.15, 0.2) is 0 Å². The summed E-state index contributed by atoms with van der Waals surface area (Å²) in [5, 5.41) is 0. The Labute approximate surface area is 83.5 Å². The molecule has 0 aromatic heterocycles. The molecule has 1 aliphatic rings. The van der Waals surface area contributed by atoms with Crippen LogP contribution in [-0.4, -0.2) is 12.6 Å². The van der Waals surface area contributed by atoms with Crippen LogP contribution in [0.2, 0.25) is 0 Å². The molecule has 2 N–H and O–H groups in total. The Morgan fingerprint density at radius 1 is 1.50 bits per heavy atom. The van der Waals surface area contributed by atoms with Crippen molar-refractivity contribution in [2.24, 2.45) is 0 Å². The third kappa shape index (κ3) is 1.54. The molecule has 1 atom stereocenters. The molecule has 1 aromatic carbocycles. The lowest BCUT2D eigenvalue weighted by atomic mass is 10.2. The Balaban J connectivity index is 2.28. The van der Waals surface area contributed by atoms with Crippen molar-refractivity contribution in [1.82, 2.24) is 0 Å². The minimum absolute atomic E-state index is 0.223. The van der Waals surface area contributed by atoms with Gasteiger partial charge in [0, 0.05) is 18.3 Å². The predicted molar refractivity (Wildman–Crippen MR) is 56.9 cm³/mol. The zero-order valence-electron chi connectivity index (χ0n) is 8.33. The summed E-state index contributed by atoms with van der Waals surface area (Å²) in [6.07, 6.45) is 2.37. The Morgan fingerprint density at radius 2 is 2.29 bits per heavy atom. The molecule has 76 valence electrons. The van der Waals surface area contributed by atoms with Crippen molar-refractivity contribution < 1.29 is 4.39 Å². The van der Waals surface area contributed by atoms with E-state index in [1.807, 2.05) is 6.07 Å². The largest absolute Gasteiger partial charge is 0.396 e. The van der Waals surface area contributed by atoms with Gasteiger partial charge >= 0.3 is 0 Å². The van der Waals surface area contributed by atoms with Gasteiger partial charge in [-0.15, -0.1) is 0 Å². The number of nitrogens with two attached hydrogens (primary N) is 1. The zero-order valence-corrected chi connectivity index (χ0v) is 8.33. The van der Waals surface area contributed by atoms with Crippen molar-refractivity contribution >= 4 is 11.4 Å². The minimum atomic E-state index is -0.318. The highest BCUT2D eigenvalue weighted by molar-refractivity contribution is 5.55. The Bertz CT molecular complexity index is 338. The van der Waals surface area contributed by atoms with E-state index < -0.39 is 0 Å². The van der Waals surface area contributed by atoms with Crippen LogP contribution in [0.5, 0.6) is 0 Å². The number of benzene rings is 1. The van der Waals surface area contributed by atoms with Crippen LogP contribution in [0.3, 0.4) is 0 Å². The molecule has 1 heterocycles. The average Bonchev–Trinajstić information content (AvgIpc) is 2.57. The molecular formula is C11H15FN2. The SMILES string of the molecule is CC1CCCN1c1ccc(N)c(F)c1. The van der Waals surface area contributed by atoms with Gasteiger partial charge in [-0.25, -0.2) is 4.39 Å². The topological polar surface area (TPSA) is 29.3 Å². The summed E-state index contributed by atoms with van der Waals surface area (Å²) in [6.45, 7) is 3.19. The van der Waals surface area contributed by atoms with Crippen LogP contribution in [0.25, 0.3) is 0 Å². The highest BCUT2D eigenvalue weighted by Crippen LogP contribution is 2.27. The second kappa shape index (κ2) is 3.48. The van der Waals surface area contributed by atoms with Crippen LogP contribution in [0.1, 0.15) is 19.8 Å². The fourth-order valence-electron chi connectivity index (χ4n) is 2.01. The molecule has 1 unspecified atom stereocenters. The number of halogens is 1. The lowest BCUT2D eigenvalue weighted by molar-refractivity contribution is 0.630. The molecule has 3 heteroatoms. The van der Waals surface area contributed by atoms with E-state index in [1.165, 1.54) is 18.9 Å². The number of nitrogen functional groups attached to an aromatic ring is 1. The van der Waals surface area contributed by atoms with Gasteiger partial charge in [0.05, 0.1) is 5.69 Å². The molecule has 0 radical (unpaired) electrons. The molecule has 1 aromatic rings. The summed E-state index contributed by atoms with van der Waals surface area (Å²) in [5.74, 6) is -0.318. The highest BCUT2D eigenvalue weighted by atomic mass is 19.1. The van der Waals surface area contributed by atoms with Crippen molar-refractivity contribution in [3.05, 3.63) is 24.0 Å². The summed E-state index contributed by atoms with van der Waals surface area (Å²) in [5.41, 5.74) is 6.60. The van der Waals surface area contributed by atoms with Gasteiger partial charge in [0.2, 0.25) is 0 Å². The number of rotatable bonds is 1. The lowest BCUT2D eigenvalue weighted by Gasteiger charge is -2.23. The first-order chi connectivity index (χ1) is 6.68. The third-order valence-corrected chi connectivity index (χ3v) is 2.87. The molecular weight excluding hydrogens is 179 g/mol. The molecule has 0 saturated carbocycles. The molecule has 0 spiro atoms. The van der Waals surface area contributed by atoms with Crippen molar-refractivity contribution in [3.8, 4) is 0 Å². The molecule has 14 heavy (non-hydrogen) atoms. The summed E-state index contributed by atoms with van der Waals surface area (Å²) in [4.78, 5) is 2.22. The maximum atomic E-state index is 13.2. The fraction of sp³-hybridized carbons (Fsp3) is 0.455. The van der Waals surface area contributed by atoms with Crippen LogP contribution in [0.4, 0.5) is 15.8 Å². The van der Waals surface area contributed by atoms with Gasteiger partial charge in [-0.2, -0.15) is 0 Å². The van der Waals surface area contributed by atoms with Crippen molar-refractivity contribution in [1.29, 1.82) is 0 Å². The van der Waals surface area contributed by atoms with Crippen LogP contribution >= 0.6 is 0 Å². The van der Waals surface area contributed by atoms with Gasteiger partial charge in [-0.3, -0.25) is 0 Å². The summed E-state index contributed by atoms with van der Waals surface area (Å²) < 4.78 is 13.2. The zero-order chi connectivity index (χ0) is 10.1. The first-order valence-electron chi connectivity index (χ1n) is 5.00. The van der Waals surface area contributed by atoms with Crippen molar-refractivity contribution in [2.75, 3.05) is 17.2 Å². The standard InChI is InChI=1S/C11H15FN2/c1-8-3-2-6-14(8)9-4-5-11(13)10(12)7-9/h4-5,7-8H,2-3,6,13H2,1H3. The van der Waals surface area contributed by atoms with Gasteiger partial charge in [-0.1, -0.05) is 0 Å². The number of anilines is 2. The smallest absolute Gasteiger partial charge is 0.148 e. The normalized spacial score (nSPS) is 21.6. The fourth-order valence-corrected chi connectivity index (χ4v) is 2.01. The summed E-state index contributed by atoms with van der Waals surface area (Å²) >= 11 is 0. The predicted octanol–water partition coefficient (Wildman–Crippen LogP) is 2.40. The maximum absolute atomic E-state index is 13.2. The average molecular weight is 194 g/mol. The van der Waals surface area contributed by atoms with Crippen LogP contribution in [0.15, 0.2) is 18.2 Å². The van der Waals surface area contributed by atoms with Crippen LogP contribution < -0.4 is 10.6 Å². The van der Waals surface area contributed by atoms with Crippen LogP contribution in [-0.2, 0) is 0 Å². The monoisotopic (exact) mass is 194 g/mol. The molecule has 0 amide bonds. The van der Waals surface area contributed by atoms with Gasteiger partial charge < -0.3 is 10.6 Å². The Kier molecular flexibility index (Phi) is 2.32. The molecule has 2 nitrogen and oxygen atoms in total. The van der Waals surface area contributed by atoms with E-state index in [0.29, 0.717) is 6.04 Å². The second-order valence-corrected chi connectivity index (χ2v) is 3.89. The van der Waals surface area contributed by atoms with Crippen molar-refractivity contribution in [2.45, 2.75) is 25.8 Å². The van der Waals surface area contributed by atoms with E-state index in [0.717, 1.165) is 12.2 Å². The number of hydrogen-bond donors (Lipinski definition) is 1. The molecule has 1 aliphatic heterocycles. The molecule has 2 rings (SSSR count). The first-order valence-corrected chi connectivity index (χ1v) is 5.00.